The molecule has 3 aromatic rings. The molecule has 0 atom stereocenters. The quantitative estimate of drug-likeness (QED) is 0.658. The zero-order valence-electron chi connectivity index (χ0n) is 11.2. The van der Waals surface area contributed by atoms with E-state index in [0.717, 1.165) is 6.20 Å². The zero-order chi connectivity index (χ0) is 16.6. The third-order valence-corrected chi connectivity index (χ3v) is 4.16. The second kappa shape index (κ2) is 6.10. The number of rotatable bonds is 3. The molecule has 3 aromatic heterocycles. The largest absolute Gasteiger partial charge is 0.434 e. The molecule has 0 bridgehead atoms. The maximum atomic E-state index is 12.9. The Morgan fingerprint density at radius 3 is 2.43 bits per heavy atom. The average Bonchev–Trinajstić information content (AvgIpc) is 3.07. The van der Waals surface area contributed by atoms with E-state index in [9.17, 15) is 13.2 Å². The van der Waals surface area contributed by atoms with Gasteiger partial charge in [-0.25, -0.2) is 15.0 Å². The van der Waals surface area contributed by atoms with Gasteiger partial charge in [0, 0.05) is 29.5 Å². The van der Waals surface area contributed by atoms with Crippen LogP contribution in [0.1, 0.15) is 11.5 Å². The van der Waals surface area contributed by atoms with Crippen molar-refractivity contribution < 1.29 is 13.2 Å². The molecule has 120 valence electrons. The normalized spacial score (nSPS) is 11.9. The van der Waals surface area contributed by atoms with E-state index in [2.05, 4.69) is 15.0 Å². The number of nitrogens with zero attached hydrogens (tertiary/aromatic N) is 4. The third-order valence-electron chi connectivity index (χ3n) is 2.88. The molecule has 0 N–H and O–H groups in total. The molecule has 0 aliphatic carbocycles. The maximum absolute atomic E-state index is 12.9. The number of thiophene rings is 1. The number of imidazole rings is 1. The van der Waals surface area contributed by atoms with Crippen LogP contribution in [0.15, 0.2) is 30.0 Å². The molecule has 10 heteroatoms. The molecule has 0 spiro atoms. The lowest BCUT2D eigenvalue weighted by Gasteiger charge is -2.05. The Balaban J connectivity index is 2.03. The molecular weight excluding hydrogens is 372 g/mol. The van der Waals surface area contributed by atoms with Crippen molar-refractivity contribution >= 4 is 34.5 Å². The van der Waals surface area contributed by atoms with Crippen molar-refractivity contribution in [3.8, 4) is 11.4 Å². The minimum atomic E-state index is -4.54. The van der Waals surface area contributed by atoms with E-state index in [4.69, 9.17) is 23.2 Å². The van der Waals surface area contributed by atoms with Crippen molar-refractivity contribution in [2.75, 3.05) is 0 Å². The van der Waals surface area contributed by atoms with E-state index in [1.807, 2.05) is 0 Å². The summed E-state index contributed by atoms with van der Waals surface area (Å²) in [7, 11) is 0. The van der Waals surface area contributed by atoms with Gasteiger partial charge in [0.1, 0.15) is 11.6 Å². The highest BCUT2D eigenvalue weighted by molar-refractivity contribution is 7.14. The Labute approximate surface area is 142 Å². The maximum Gasteiger partial charge on any atom is 0.434 e. The second-order valence-corrected chi connectivity index (χ2v) is 6.51. The van der Waals surface area contributed by atoms with Gasteiger partial charge in [0.25, 0.3) is 0 Å². The topological polar surface area (TPSA) is 43.6 Å². The molecule has 3 heterocycles. The molecule has 0 saturated heterocycles. The number of hydrogen-bond acceptors (Lipinski definition) is 4. The molecule has 0 aromatic carbocycles. The molecule has 0 aliphatic rings. The Hall–Kier alpha value is -1.64. The van der Waals surface area contributed by atoms with Gasteiger partial charge in [-0.15, -0.1) is 11.3 Å². The lowest BCUT2D eigenvalue weighted by molar-refractivity contribution is -0.140. The smallest absolute Gasteiger partial charge is 0.323 e. The van der Waals surface area contributed by atoms with Gasteiger partial charge in [-0.05, 0) is 6.07 Å². The van der Waals surface area contributed by atoms with Gasteiger partial charge in [0.15, 0.2) is 5.69 Å². The lowest BCUT2D eigenvalue weighted by atomic mass is 10.3. The first-order valence-corrected chi connectivity index (χ1v) is 7.81. The van der Waals surface area contributed by atoms with Crippen LogP contribution in [-0.2, 0) is 12.7 Å². The van der Waals surface area contributed by atoms with Gasteiger partial charge in [-0.3, -0.25) is 0 Å². The van der Waals surface area contributed by atoms with Crippen LogP contribution in [0, 0.1) is 0 Å². The van der Waals surface area contributed by atoms with Gasteiger partial charge >= 0.3 is 6.18 Å². The molecule has 0 saturated carbocycles. The SMILES string of the molecule is FC(F)(F)c1cn(Cc2ncc(Cl)cn2)c(-c2csc(Cl)c2)n1. The summed E-state index contributed by atoms with van der Waals surface area (Å²) in [6, 6.07) is 1.56. The van der Waals surface area contributed by atoms with Crippen molar-refractivity contribution in [3.63, 3.8) is 0 Å². The minimum Gasteiger partial charge on any atom is -0.323 e. The van der Waals surface area contributed by atoms with E-state index in [1.54, 1.807) is 11.4 Å². The fraction of sp³-hybridized carbons (Fsp3) is 0.154. The molecular formula is C13H7Cl2F3N4S. The highest BCUT2D eigenvalue weighted by Gasteiger charge is 2.35. The highest BCUT2D eigenvalue weighted by atomic mass is 35.5. The molecule has 0 fully saturated rings. The molecule has 0 aliphatic heterocycles. The van der Waals surface area contributed by atoms with Crippen LogP contribution in [0.2, 0.25) is 9.36 Å². The Bertz CT molecular complexity index is 827. The van der Waals surface area contributed by atoms with Crippen LogP contribution in [0.3, 0.4) is 0 Å². The Kier molecular flexibility index (Phi) is 4.31. The van der Waals surface area contributed by atoms with Crippen LogP contribution >= 0.6 is 34.5 Å². The zero-order valence-corrected chi connectivity index (χ0v) is 13.5. The highest BCUT2D eigenvalue weighted by Crippen LogP contribution is 2.33. The molecule has 4 nitrogen and oxygen atoms in total. The first-order valence-electron chi connectivity index (χ1n) is 6.18. The summed E-state index contributed by atoms with van der Waals surface area (Å²) in [6.45, 7) is 0.0308. The van der Waals surface area contributed by atoms with E-state index in [0.29, 0.717) is 20.7 Å². The fourth-order valence-electron chi connectivity index (χ4n) is 1.90. The average molecular weight is 379 g/mol. The summed E-state index contributed by atoms with van der Waals surface area (Å²) >= 11 is 12.8. The first kappa shape index (κ1) is 16.2. The van der Waals surface area contributed by atoms with Gasteiger partial charge in [-0.1, -0.05) is 23.2 Å². The van der Waals surface area contributed by atoms with E-state index < -0.39 is 11.9 Å². The number of hydrogen-bond donors (Lipinski definition) is 0. The van der Waals surface area contributed by atoms with Gasteiger partial charge < -0.3 is 4.57 Å². The van der Waals surface area contributed by atoms with Crippen molar-refractivity contribution in [2.45, 2.75) is 12.7 Å². The van der Waals surface area contributed by atoms with Crippen LogP contribution in [0.4, 0.5) is 13.2 Å². The molecule has 0 unspecified atom stereocenters. The monoisotopic (exact) mass is 378 g/mol. The van der Waals surface area contributed by atoms with Crippen LogP contribution in [0.5, 0.6) is 0 Å². The van der Waals surface area contributed by atoms with Crippen molar-refractivity contribution in [1.82, 2.24) is 19.5 Å². The number of alkyl halides is 3. The van der Waals surface area contributed by atoms with Crippen molar-refractivity contribution in [3.05, 3.63) is 50.9 Å². The summed E-state index contributed by atoms with van der Waals surface area (Å²) in [6.07, 6.45) is -0.848. The van der Waals surface area contributed by atoms with E-state index in [1.165, 1.54) is 28.3 Å². The first-order chi connectivity index (χ1) is 10.8. The van der Waals surface area contributed by atoms with Gasteiger partial charge in [0.05, 0.1) is 15.9 Å². The summed E-state index contributed by atoms with van der Waals surface area (Å²) in [5.41, 5.74) is -0.478. The van der Waals surface area contributed by atoms with Gasteiger partial charge in [-0.2, -0.15) is 13.2 Å². The predicted octanol–water partition coefficient (Wildman–Crippen LogP) is 4.78. The Morgan fingerprint density at radius 2 is 1.87 bits per heavy atom. The van der Waals surface area contributed by atoms with Crippen LogP contribution in [-0.4, -0.2) is 19.5 Å². The summed E-state index contributed by atoms with van der Waals surface area (Å²) in [4.78, 5) is 11.7. The second-order valence-electron chi connectivity index (χ2n) is 4.53. The lowest BCUT2D eigenvalue weighted by Crippen LogP contribution is -2.06. The summed E-state index contributed by atoms with van der Waals surface area (Å²) in [5.74, 6) is 0.474. The number of aromatic nitrogens is 4. The van der Waals surface area contributed by atoms with Crippen molar-refractivity contribution in [1.29, 1.82) is 0 Å². The minimum absolute atomic E-state index is 0.0308. The molecule has 23 heavy (non-hydrogen) atoms. The summed E-state index contributed by atoms with van der Waals surface area (Å²) < 4.78 is 40.6. The molecule has 0 amide bonds. The van der Waals surface area contributed by atoms with Crippen LogP contribution < -0.4 is 0 Å². The molecule has 0 radical (unpaired) electrons. The molecule has 3 rings (SSSR count). The predicted molar refractivity (Wildman–Crippen MR) is 81.7 cm³/mol. The number of halogens is 5. The van der Waals surface area contributed by atoms with E-state index in [-0.39, 0.29) is 12.4 Å². The summed E-state index contributed by atoms with van der Waals surface area (Å²) in [5, 5.41) is 1.99. The van der Waals surface area contributed by atoms with E-state index >= 15 is 0 Å². The standard InChI is InChI=1S/C13H7Cl2F3N4S/c14-8-2-19-11(20-3-8)5-22-4-9(13(16,17)18)21-12(22)7-1-10(15)23-6-7/h1-4,6H,5H2. The van der Waals surface area contributed by atoms with Crippen LogP contribution in [0.25, 0.3) is 11.4 Å². The Morgan fingerprint density at radius 1 is 1.17 bits per heavy atom. The van der Waals surface area contributed by atoms with Gasteiger partial charge in [0.2, 0.25) is 0 Å². The van der Waals surface area contributed by atoms with Crippen molar-refractivity contribution in [2.24, 2.45) is 0 Å². The fourth-order valence-corrected chi connectivity index (χ4v) is 2.86. The third kappa shape index (κ3) is 3.65.